The molecule has 0 fully saturated rings. The minimum atomic E-state index is -0.705. The highest BCUT2D eigenvalue weighted by Crippen LogP contribution is 2.41. The third-order valence-corrected chi connectivity index (χ3v) is 4.84. The highest BCUT2D eigenvalue weighted by molar-refractivity contribution is 7.25. The lowest BCUT2D eigenvalue weighted by Gasteiger charge is -2.07. The van der Waals surface area contributed by atoms with Crippen molar-refractivity contribution in [1.82, 2.24) is 0 Å². The molecule has 0 atom stereocenters. The molecule has 0 amide bonds. The van der Waals surface area contributed by atoms with Gasteiger partial charge in [-0.05, 0) is 30.7 Å². The minimum absolute atomic E-state index is 0.194. The predicted molar refractivity (Wildman–Crippen MR) is 97.3 cm³/mol. The summed E-state index contributed by atoms with van der Waals surface area (Å²) in [6, 6.07) is 6.22. The summed E-state index contributed by atoms with van der Waals surface area (Å²) in [6.45, 7) is 6.56. The van der Waals surface area contributed by atoms with E-state index >= 15 is 0 Å². The first-order valence-electron chi connectivity index (χ1n) is 8.28. The number of thiophene rings is 1. The van der Waals surface area contributed by atoms with Crippen molar-refractivity contribution in [2.24, 2.45) is 0 Å². The van der Waals surface area contributed by atoms with E-state index in [0.717, 1.165) is 30.6 Å². The molecule has 0 bridgehead atoms. The monoisotopic (exact) mass is 352 g/mol. The summed E-state index contributed by atoms with van der Waals surface area (Å²) in [6.07, 6.45) is 2.99. The van der Waals surface area contributed by atoms with E-state index in [1.54, 1.807) is 18.2 Å². The van der Waals surface area contributed by atoms with Crippen molar-refractivity contribution in [2.45, 2.75) is 40.0 Å². The van der Waals surface area contributed by atoms with Gasteiger partial charge in [0.1, 0.15) is 0 Å². The Morgan fingerprint density at radius 2 is 1.58 bits per heavy atom. The lowest BCUT2D eigenvalue weighted by molar-refractivity contribution is 0.293. The Bertz CT molecular complexity index is 827. The molecule has 24 heavy (non-hydrogen) atoms. The topological polar surface area (TPSA) is 29.5 Å². The van der Waals surface area contributed by atoms with E-state index < -0.39 is 17.4 Å². The maximum atomic E-state index is 14.5. The van der Waals surface area contributed by atoms with Crippen molar-refractivity contribution in [1.29, 1.82) is 0 Å². The lowest BCUT2D eigenvalue weighted by Crippen LogP contribution is -1.98. The number of hydrogen-bond acceptors (Lipinski definition) is 3. The lowest BCUT2D eigenvalue weighted by atomic mass is 10.1. The maximum absolute atomic E-state index is 14.5. The summed E-state index contributed by atoms with van der Waals surface area (Å²) in [4.78, 5) is 0. The molecule has 0 saturated heterocycles. The maximum Gasteiger partial charge on any atom is 0.182 e. The fourth-order valence-electron chi connectivity index (χ4n) is 2.46. The van der Waals surface area contributed by atoms with E-state index in [1.165, 1.54) is 6.07 Å². The SMILES string of the molecule is CC.CCCCCOc1ccc2c(sc3c(F)c(O)ccc32)c1F. The van der Waals surface area contributed by atoms with Crippen LogP contribution in [0.2, 0.25) is 0 Å². The summed E-state index contributed by atoms with van der Waals surface area (Å²) in [5, 5.41) is 10.7. The number of fused-ring (bicyclic) bond motifs is 3. The van der Waals surface area contributed by atoms with Crippen molar-refractivity contribution in [3.63, 3.8) is 0 Å². The van der Waals surface area contributed by atoms with Gasteiger partial charge in [0, 0.05) is 10.8 Å². The summed E-state index contributed by atoms with van der Waals surface area (Å²) < 4.78 is 34.6. The van der Waals surface area contributed by atoms with E-state index in [9.17, 15) is 13.9 Å². The highest BCUT2D eigenvalue weighted by atomic mass is 32.1. The molecule has 5 heteroatoms. The molecule has 1 N–H and O–H groups in total. The second-order valence-electron chi connectivity index (χ2n) is 5.19. The zero-order valence-electron chi connectivity index (χ0n) is 14.2. The van der Waals surface area contributed by atoms with E-state index in [0.29, 0.717) is 22.1 Å². The first-order chi connectivity index (χ1) is 11.6. The van der Waals surface area contributed by atoms with Crippen LogP contribution in [0, 0.1) is 11.6 Å². The van der Waals surface area contributed by atoms with E-state index in [4.69, 9.17) is 4.74 Å². The Balaban J connectivity index is 0.00000100. The van der Waals surface area contributed by atoms with Crippen molar-refractivity contribution in [3.8, 4) is 11.5 Å². The number of aromatic hydroxyl groups is 1. The molecule has 3 aromatic rings. The summed E-state index contributed by atoms with van der Waals surface area (Å²) in [5.41, 5.74) is 0. The van der Waals surface area contributed by atoms with Gasteiger partial charge in [-0.1, -0.05) is 33.6 Å². The van der Waals surface area contributed by atoms with Gasteiger partial charge in [-0.2, -0.15) is 0 Å². The third kappa shape index (κ3) is 3.46. The fraction of sp³-hybridized carbons (Fsp3) is 0.368. The fourth-order valence-corrected chi connectivity index (χ4v) is 3.62. The van der Waals surface area contributed by atoms with Crippen molar-refractivity contribution in [3.05, 3.63) is 35.9 Å². The molecule has 3 rings (SSSR count). The van der Waals surface area contributed by atoms with Gasteiger partial charge < -0.3 is 9.84 Å². The molecule has 0 saturated carbocycles. The standard InChI is InChI=1S/C17H16F2O2S.C2H6/c1-2-3-4-9-21-13-8-6-11-10-5-7-12(20)14(18)16(10)22-17(11)15(13)19;1-2/h5-8,20H,2-4,9H2,1H3;1-2H3. The number of phenols is 1. The molecule has 0 spiro atoms. The Morgan fingerprint density at radius 3 is 2.25 bits per heavy atom. The molecule has 1 aromatic heterocycles. The van der Waals surface area contributed by atoms with Crippen LogP contribution in [0.1, 0.15) is 40.0 Å². The molecule has 0 aliphatic heterocycles. The van der Waals surface area contributed by atoms with E-state index in [2.05, 4.69) is 6.92 Å². The van der Waals surface area contributed by atoms with Gasteiger partial charge >= 0.3 is 0 Å². The third-order valence-electron chi connectivity index (χ3n) is 3.64. The smallest absolute Gasteiger partial charge is 0.182 e. The summed E-state index contributed by atoms with van der Waals surface area (Å²) >= 11 is 0.997. The normalized spacial score (nSPS) is 10.7. The number of rotatable bonds is 5. The van der Waals surface area contributed by atoms with Crippen LogP contribution >= 0.6 is 11.3 Å². The number of phenolic OH excluding ortho intramolecular Hbond substituents is 1. The van der Waals surface area contributed by atoms with Gasteiger partial charge in [-0.25, -0.2) is 8.78 Å². The van der Waals surface area contributed by atoms with Crippen molar-refractivity contribution < 1.29 is 18.6 Å². The number of benzene rings is 2. The van der Waals surface area contributed by atoms with E-state index in [1.807, 2.05) is 13.8 Å². The molecular formula is C19H22F2O2S. The molecule has 0 radical (unpaired) electrons. The Morgan fingerprint density at radius 1 is 0.958 bits per heavy atom. The van der Waals surface area contributed by atoms with Crippen LogP contribution in [0.5, 0.6) is 11.5 Å². The van der Waals surface area contributed by atoms with E-state index in [-0.39, 0.29) is 10.4 Å². The minimum Gasteiger partial charge on any atom is -0.505 e. The Labute approximate surface area is 144 Å². The molecular weight excluding hydrogens is 330 g/mol. The van der Waals surface area contributed by atoms with Crippen LogP contribution in [0.4, 0.5) is 8.78 Å². The van der Waals surface area contributed by atoms with Gasteiger partial charge in [0.25, 0.3) is 0 Å². The largest absolute Gasteiger partial charge is 0.505 e. The highest BCUT2D eigenvalue weighted by Gasteiger charge is 2.17. The quantitative estimate of drug-likeness (QED) is 0.522. The molecule has 0 aliphatic rings. The van der Waals surface area contributed by atoms with Gasteiger partial charge in [-0.15, -0.1) is 11.3 Å². The molecule has 2 aromatic carbocycles. The zero-order valence-corrected chi connectivity index (χ0v) is 15.0. The number of hydrogen-bond donors (Lipinski definition) is 1. The van der Waals surface area contributed by atoms with Gasteiger partial charge in [0.05, 0.1) is 16.0 Å². The predicted octanol–water partition coefficient (Wildman–Crippen LogP) is 6.63. The van der Waals surface area contributed by atoms with Gasteiger partial charge in [-0.3, -0.25) is 0 Å². The van der Waals surface area contributed by atoms with Crippen LogP contribution in [0.25, 0.3) is 20.2 Å². The summed E-state index contributed by atoms with van der Waals surface area (Å²) in [7, 11) is 0. The number of unbranched alkanes of at least 4 members (excludes halogenated alkanes) is 2. The van der Waals surface area contributed by atoms with Crippen LogP contribution in [0.15, 0.2) is 24.3 Å². The first kappa shape index (κ1) is 18.5. The molecule has 0 unspecified atom stereocenters. The average Bonchev–Trinajstić information content (AvgIpc) is 2.99. The van der Waals surface area contributed by atoms with Crippen LogP contribution in [0.3, 0.4) is 0 Å². The molecule has 0 aliphatic carbocycles. The van der Waals surface area contributed by atoms with Crippen molar-refractivity contribution in [2.75, 3.05) is 6.61 Å². The van der Waals surface area contributed by atoms with Crippen LogP contribution in [-0.2, 0) is 0 Å². The van der Waals surface area contributed by atoms with Crippen molar-refractivity contribution >= 4 is 31.5 Å². The Kier molecular flexibility index (Phi) is 6.37. The zero-order chi connectivity index (χ0) is 17.7. The Hall–Kier alpha value is -1.88. The van der Waals surface area contributed by atoms with Crippen LogP contribution < -0.4 is 4.74 Å². The van der Waals surface area contributed by atoms with Crippen LogP contribution in [-0.4, -0.2) is 11.7 Å². The molecule has 2 nitrogen and oxygen atoms in total. The number of halogens is 2. The molecule has 130 valence electrons. The average molecular weight is 352 g/mol. The molecule has 1 heterocycles. The number of ether oxygens (including phenoxy) is 1. The first-order valence-corrected chi connectivity index (χ1v) is 9.10. The second kappa shape index (κ2) is 8.29. The van der Waals surface area contributed by atoms with Gasteiger partial charge in [0.2, 0.25) is 0 Å². The van der Waals surface area contributed by atoms with Gasteiger partial charge in [0.15, 0.2) is 23.1 Å². The second-order valence-corrected chi connectivity index (χ2v) is 6.21. The summed E-state index contributed by atoms with van der Waals surface area (Å²) in [5.74, 6) is -1.40.